The Kier molecular flexibility index (Phi) is 3.27. The van der Waals surface area contributed by atoms with Gasteiger partial charge in [-0.1, -0.05) is 12.1 Å². The third-order valence-corrected chi connectivity index (χ3v) is 4.51. The molecule has 0 amide bonds. The standard InChI is InChI=1S/C15H22N2O/c1-11(12-2-4-14(18)5-3-12)16-15-10-17-8-6-13(15)7-9-17/h2-5,11,13,15-16,18H,6-10H2,1H3. The number of fused-ring (bicyclic) bond motifs is 3. The molecule has 1 aromatic carbocycles. The molecule has 98 valence electrons. The smallest absolute Gasteiger partial charge is 0.115 e. The normalized spacial score (nSPS) is 32.4. The summed E-state index contributed by atoms with van der Waals surface area (Å²) in [6.45, 7) is 5.99. The maximum atomic E-state index is 9.32. The van der Waals surface area contributed by atoms with Crippen molar-refractivity contribution in [1.82, 2.24) is 10.2 Å². The van der Waals surface area contributed by atoms with Crippen molar-refractivity contribution in [2.24, 2.45) is 5.92 Å². The first-order chi connectivity index (χ1) is 8.72. The second-order valence-corrected chi connectivity index (χ2v) is 5.72. The summed E-state index contributed by atoms with van der Waals surface area (Å²) in [7, 11) is 0. The van der Waals surface area contributed by atoms with Gasteiger partial charge in [0.2, 0.25) is 0 Å². The lowest BCUT2D eigenvalue weighted by Gasteiger charge is -2.46. The predicted molar refractivity (Wildman–Crippen MR) is 72.6 cm³/mol. The predicted octanol–water partition coefficient (Wildman–Crippen LogP) is 2.14. The third kappa shape index (κ3) is 2.38. The number of nitrogens with one attached hydrogen (secondary N) is 1. The Morgan fingerprint density at radius 2 is 1.89 bits per heavy atom. The minimum absolute atomic E-state index is 0.341. The fourth-order valence-electron chi connectivity index (χ4n) is 3.33. The van der Waals surface area contributed by atoms with E-state index in [4.69, 9.17) is 0 Å². The summed E-state index contributed by atoms with van der Waals surface area (Å²) in [6, 6.07) is 8.55. The molecular formula is C15H22N2O. The van der Waals surface area contributed by atoms with Gasteiger partial charge in [-0.3, -0.25) is 0 Å². The van der Waals surface area contributed by atoms with Crippen molar-refractivity contribution in [3.05, 3.63) is 29.8 Å². The van der Waals surface area contributed by atoms with Crippen LogP contribution in [0, 0.1) is 5.92 Å². The number of phenols is 1. The van der Waals surface area contributed by atoms with Gasteiger partial charge in [0.1, 0.15) is 5.75 Å². The molecule has 18 heavy (non-hydrogen) atoms. The molecule has 3 nitrogen and oxygen atoms in total. The number of aromatic hydroxyl groups is 1. The van der Waals surface area contributed by atoms with Crippen molar-refractivity contribution in [1.29, 1.82) is 0 Å². The molecule has 3 aliphatic heterocycles. The summed E-state index contributed by atoms with van der Waals surface area (Å²) in [6.07, 6.45) is 2.69. The monoisotopic (exact) mass is 246 g/mol. The largest absolute Gasteiger partial charge is 0.508 e. The highest BCUT2D eigenvalue weighted by Gasteiger charge is 2.34. The Labute approximate surface area is 109 Å². The van der Waals surface area contributed by atoms with Crippen molar-refractivity contribution >= 4 is 0 Å². The number of nitrogens with zero attached hydrogens (tertiary/aromatic N) is 1. The number of hydrogen-bond acceptors (Lipinski definition) is 3. The second kappa shape index (κ2) is 4.90. The lowest BCUT2D eigenvalue weighted by molar-refractivity contribution is 0.0680. The number of phenolic OH excluding ortho intramolecular Hbond substituents is 1. The molecule has 3 saturated heterocycles. The Bertz CT molecular complexity index is 395. The van der Waals surface area contributed by atoms with Gasteiger partial charge in [0.05, 0.1) is 0 Å². The van der Waals surface area contributed by atoms with Crippen LogP contribution in [0.15, 0.2) is 24.3 Å². The molecule has 2 unspecified atom stereocenters. The topological polar surface area (TPSA) is 35.5 Å². The highest BCUT2D eigenvalue weighted by Crippen LogP contribution is 2.29. The van der Waals surface area contributed by atoms with Gasteiger partial charge >= 0.3 is 0 Å². The molecule has 2 atom stereocenters. The average Bonchev–Trinajstić information content (AvgIpc) is 2.41. The maximum Gasteiger partial charge on any atom is 0.115 e. The molecule has 2 N–H and O–H groups in total. The van der Waals surface area contributed by atoms with Crippen LogP contribution in [0.5, 0.6) is 5.75 Å². The zero-order chi connectivity index (χ0) is 12.5. The van der Waals surface area contributed by atoms with Gasteiger partial charge in [-0.15, -0.1) is 0 Å². The van der Waals surface area contributed by atoms with Crippen LogP contribution in [0.3, 0.4) is 0 Å². The molecular weight excluding hydrogens is 224 g/mol. The van der Waals surface area contributed by atoms with E-state index in [0.717, 1.165) is 5.92 Å². The van der Waals surface area contributed by atoms with Crippen LogP contribution in [0.4, 0.5) is 0 Å². The van der Waals surface area contributed by atoms with E-state index in [9.17, 15) is 5.11 Å². The first kappa shape index (κ1) is 12.0. The van der Waals surface area contributed by atoms with E-state index in [1.807, 2.05) is 12.1 Å². The molecule has 3 fully saturated rings. The summed E-state index contributed by atoms with van der Waals surface area (Å²) in [5, 5.41) is 13.1. The molecule has 1 aromatic rings. The van der Waals surface area contributed by atoms with E-state index in [1.54, 1.807) is 12.1 Å². The Morgan fingerprint density at radius 1 is 1.22 bits per heavy atom. The van der Waals surface area contributed by atoms with Crippen molar-refractivity contribution in [3.8, 4) is 5.75 Å². The van der Waals surface area contributed by atoms with Crippen LogP contribution in [0.25, 0.3) is 0 Å². The minimum atomic E-state index is 0.341. The molecule has 3 heterocycles. The number of piperidine rings is 3. The van der Waals surface area contributed by atoms with Gasteiger partial charge in [0, 0.05) is 18.6 Å². The Hall–Kier alpha value is -1.06. The Morgan fingerprint density at radius 3 is 2.44 bits per heavy atom. The molecule has 0 aromatic heterocycles. The zero-order valence-electron chi connectivity index (χ0n) is 11.0. The van der Waals surface area contributed by atoms with E-state index in [-0.39, 0.29) is 0 Å². The van der Waals surface area contributed by atoms with Crippen LogP contribution < -0.4 is 5.32 Å². The molecule has 2 bridgehead atoms. The van der Waals surface area contributed by atoms with Crippen molar-refractivity contribution in [2.75, 3.05) is 19.6 Å². The summed E-state index contributed by atoms with van der Waals surface area (Å²) < 4.78 is 0. The molecule has 3 heteroatoms. The summed E-state index contributed by atoms with van der Waals surface area (Å²) in [5.74, 6) is 1.20. The molecule has 0 aliphatic carbocycles. The van der Waals surface area contributed by atoms with E-state index in [2.05, 4.69) is 17.1 Å². The van der Waals surface area contributed by atoms with Crippen LogP contribution in [0.1, 0.15) is 31.4 Å². The minimum Gasteiger partial charge on any atom is -0.508 e. The molecule has 0 saturated carbocycles. The van der Waals surface area contributed by atoms with Crippen LogP contribution in [-0.4, -0.2) is 35.7 Å². The summed E-state index contributed by atoms with van der Waals surface area (Å²) >= 11 is 0. The van der Waals surface area contributed by atoms with Gasteiger partial charge in [0.15, 0.2) is 0 Å². The fraction of sp³-hybridized carbons (Fsp3) is 0.600. The van der Waals surface area contributed by atoms with Crippen molar-refractivity contribution in [2.45, 2.75) is 31.8 Å². The van der Waals surface area contributed by atoms with Crippen molar-refractivity contribution in [3.63, 3.8) is 0 Å². The van der Waals surface area contributed by atoms with Gasteiger partial charge in [-0.2, -0.15) is 0 Å². The lowest BCUT2D eigenvalue weighted by atomic mass is 9.83. The van der Waals surface area contributed by atoms with Gasteiger partial charge in [-0.05, 0) is 56.5 Å². The number of rotatable bonds is 3. The fourth-order valence-corrected chi connectivity index (χ4v) is 3.33. The van der Waals surface area contributed by atoms with E-state index in [1.165, 1.54) is 38.0 Å². The molecule has 0 radical (unpaired) electrons. The van der Waals surface area contributed by atoms with Gasteiger partial charge in [0.25, 0.3) is 0 Å². The van der Waals surface area contributed by atoms with Crippen LogP contribution in [0.2, 0.25) is 0 Å². The van der Waals surface area contributed by atoms with E-state index < -0.39 is 0 Å². The van der Waals surface area contributed by atoms with E-state index >= 15 is 0 Å². The first-order valence-electron chi connectivity index (χ1n) is 7.00. The third-order valence-electron chi connectivity index (χ3n) is 4.51. The van der Waals surface area contributed by atoms with Crippen LogP contribution >= 0.6 is 0 Å². The van der Waals surface area contributed by atoms with Gasteiger partial charge < -0.3 is 15.3 Å². The summed E-state index contributed by atoms with van der Waals surface area (Å²) in [5.41, 5.74) is 1.25. The number of hydrogen-bond donors (Lipinski definition) is 2. The number of benzene rings is 1. The van der Waals surface area contributed by atoms with Crippen molar-refractivity contribution < 1.29 is 5.11 Å². The molecule has 3 aliphatic rings. The quantitative estimate of drug-likeness (QED) is 0.857. The second-order valence-electron chi connectivity index (χ2n) is 5.72. The first-order valence-corrected chi connectivity index (χ1v) is 7.00. The highest BCUT2D eigenvalue weighted by atomic mass is 16.3. The highest BCUT2D eigenvalue weighted by molar-refractivity contribution is 5.27. The summed E-state index contributed by atoms with van der Waals surface area (Å²) in [4.78, 5) is 2.57. The molecule has 4 rings (SSSR count). The maximum absolute atomic E-state index is 9.32. The van der Waals surface area contributed by atoms with E-state index in [0.29, 0.717) is 17.8 Å². The lowest BCUT2D eigenvalue weighted by Crippen LogP contribution is -2.56. The Balaban J connectivity index is 1.64. The zero-order valence-corrected chi connectivity index (χ0v) is 11.0. The van der Waals surface area contributed by atoms with Crippen LogP contribution in [-0.2, 0) is 0 Å². The van der Waals surface area contributed by atoms with Gasteiger partial charge in [-0.25, -0.2) is 0 Å². The molecule has 0 spiro atoms. The SMILES string of the molecule is CC(NC1CN2CCC1CC2)c1ccc(O)cc1. The average molecular weight is 246 g/mol.